The van der Waals surface area contributed by atoms with Gasteiger partial charge in [0.2, 0.25) is 0 Å². The largest absolute Gasteiger partial charge is 0.409 e. The lowest BCUT2D eigenvalue weighted by atomic mass is 10.1. The smallest absolute Gasteiger partial charge is 0.405 e. The molecule has 0 aromatic heterocycles. The highest BCUT2D eigenvalue weighted by Gasteiger charge is 2.31. The minimum atomic E-state index is -4.31. The number of oxime groups is 1. The van der Waals surface area contributed by atoms with Crippen molar-refractivity contribution < 1.29 is 18.4 Å². The number of nitrogens with zero attached hydrogens (tertiary/aromatic N) is 2. The predicted octanol–water partition coefficient (Wildman–Crippen LogP) is 2.56. The van der Waals surface area contributed by atoms with Crippen molar-refractivity contribution >= 4 is 11.5 Å². The lowest BCUT2D eigenvalue weighted by molar-refractivity contribution is -0.119. The monoisotopic (exact) mass is 275 g/mol. The number of nitrogens with two attached hydrogens (primary N) is 1. The number of hydrogen-bond donors (Lipinski definition) is 2. The summed E-state index contributed by atoms with van der Waals surface area (Å²) in [4.78, 5) is 1.17. The zero-order valence-corrected chi connectivity index (χ0v) is 10.5. The lowest BCUT2D eigenvalue weighted by Crippen LogP contribution is -2.36. The third-order valence-corrected chi connectivity index (χ3v) is 2.49. The molecule has 1 aromatic rings. The summed E-state index contributed by atoms with van der Waals surface area (Å²) in [5.74, 6) is -0.209. The van der Waals surface area contributed by atoms with Crippen LogP contribution in [0.1, 0.15) is 18.9 Å². The summed E-state index contributed by atoms with van der Waals surface area (Å²) in [6, 6.07) is 6.27. The van der Waals surface area contributed by atoms with E-state index in [1.54, 1.807) is 19.1 Å². The van der Waals surface area contributed by atoms with E-state index in [1.807, 2.05) is 0 Å². The number of halogens is 3. The summed E-state index contributed by atoms with van der Waals surface area (Å²) < 4.78 is 37.7. The minimum Gasteiger partial charge on any atom is -0.409 e. The highest BCUT2D eigenvalue weighted by Crippen LogP contribution is 2.25. The molecule has 4 nitrogen and oxygen atoms in total. The number of benzene rings is 1. The van der Waals surface area contributed by atoms with Crippen LogP contribution in [-0.4, -0.2) is 30.3 Å². The summed E-state index contributed by atoms with van der Waals surface area (Å²) in [7, 11) is 0. The molecule has 0 saturated heterocycles. The molecule has 0 saturated carbocycles. The van der Waals surface area contributed by atoms with Crippen LogP contribution in [0.5, 0.6) is 0 Å². The Morgan fingerprint density at radius 1 is 1.37 bits per heavy atom. The van der Waals surface area contributed by atoms with Gasteiger partial charge in [0.25, 0.3) is 0 Å². The van der Waals surface area contributed by atoms with Crippen LogP contribution >= 0.6 is 0 Å². The Balaban J connectivity index is 3.15. The Kier molecular flexibility index (Phi) is 5.02. The number of alkyl halides is 3. The molecule has 0 aliphatic carbocycles. The maximum Gasteiger partial charge on any atom is 0.405 e. The predicted molar refractivity (Wildman–Crippen MR) is 67.5 cm³/mol. The average Bonchev–Trinajstić information content (AvgIpc) is 2.36. The first-order chi connectivity index (χ1) is 8.89. The van der Waals surface area contributed by atoms with Gasteiger partial charge in [-0.2, -0.15) is 13.2 Å². The standard InChI is InChI=1S/C12H16F3N3O/c1-2-7-18(8-12(13,14)15)10-6-4-3-5-9(10)11(16)17-19/h3-6,19H,2,7-8H2,1H3,(H2,16,17). The summed E-state index contributed by atoms with van der Waals surface area (Å²) in [5.41, 5.74) is 6.07. The quantitative estimate of drug-likeness (QED) is 0.376. The molecule has 0 aliphatic rings. The molecule has 0 bridgehead atoms. The van der Waals surface area contributed by atoms with Gasteiger partial charge in [0.15, 0.2) is 5.84 Å². The van der Waals surface area contributed by atoms with E-state index in [-0.39, 0.29) is 17.9 Å². The Labute approximate surface area is 109 Å². The number of anilines is 1. The maximum atomic E-state index is 12.6. The van der Waals surface area contributed by atoms with Gasteiger partial charge in [0.05, 0.1) is 0 Å². The molecular formula is C12H16F3N3O. The second-order valence-electron chi connectivity index (χ2n) is 4.04. The van der Waals surface area contributed by atoms with Gasteiger partial charge in [-0.1, -0.05) is 24.2 Å². The van der Waals surface area contributed by atoms with Crippen molar-refractivity contribution in [1.82, 2.24) is 0 Å². The number of rotatable bonds is 5. The number of hydrogen-bond acceptors (Lipinski definition) is 3. The fourth-order valence-corrected chi connectivity index (χ4v) is 1.79. The summed E-state index contributed by atoms with van der Waals surface area (Å²) in [6.45, 7) is 0.946. The molecule has 0 spiro atoms. The molecule has 0 unspecified atom stereocenters. The fraction of sp³-hybridized carbons (Fsp3) is 0.417. The van der Waals surface area contributed by atoms with E-state index in [0.29, 0.717) is 12.1 Å². The fourth-order valence-electron chi connectivity index (χ4n) is 1.79. The van der Waals surface area contributed by atoms with E-state index in [2.05, 4.69) is 5.16 Å². The van der Waals surface area contributed by atoms with Gasteiger partial charge in [-0.3, -0.25) is 0 Å². The Hall–Kier alpha value is -1.92. The number of amidine groups is 1. The van der Waals surface area contributed by atoms with Gasteiger partial charge in [0, 0.05) is 17.8 Å². The van der Waals surface area contributed by atoms with Crippen molar-refractivity contribution in [3.63, 3.8) is 0 Å². The Morgan fingerprint density at radius 3 is 2.53 bits per heavy atom. The van der Waals surface area contributed by atoms with Gasteiger partial charge >= 0.3 is 6.18 Å². The van der Waals surface area contributed by atoms with Crippen LogP contribution in [0, 0.1) is 0 Å². The molecule has 1 aromatic carbocycles. The summed E-state index contributed by atoms with van der Waals surface area (Å²) in [5, 5.41) is 11.5. The third kappa shape index (κ3) is 4.35. The molecule has 0 fully saturated rings. The molecule has 0 radical (unpaired) electrons. The highest BCUT2D eigenvalue weighted by molar-refractivity contribution is 6.02. The molecular weight excluding hydrogens is 259 g/mol. The van der Waals surface area contributed by atoms with Crippen molar-refractivity contribution in [2.75, 3.05) is 18.0 Å². The van der Waals surface area contributed by atoms with Crippen molar-refractivity contribution in [1.29, 1.82) is 0 Å². The Bertz CT molecular complexity index is 446. The molecule has 3 N–H and O–H groups in total. The minimum absolute atomic E-state index is 0.209. The van der Waals surface area contributed by atoms with Crippen molar-refractivity contribution in [2.45, 2.75) is 19.5 Å². The van der Waals surface area contributed by atoms with Crippen LogP contribution in [0.2, 0.25) is 0 Å². The van der Waals surface area contributed by atoms with Crippen LogP contribution < -0.4 is 10.6 Å². The highest BCUT2D eigenvalue weighted by atomic mass is 19.4. The van der Waals surface area contributed by atoms with E-state index in [4.69, 9.17) is 10.9 Å². The molecule has 0 atom stereocenters. The summed E-state index contributed by atoms with van der Waals surface area (Å²) in [6.07, 6.45) is -3.76. The van der Waals surface area contributed by atoms with Gasteiger partial charge < -0.3 is 15.8 Å². The van der Waals surface area contributed by atoms with Gasteiger partial charge in [0.1, 0.15) is 6.54 Å². The normalized spacial score (nSPS) is 12.5. The third-order valence-electron chi connectivity index (χ3n) is 2.49. The van der Waals surface area contributed by atoms with Crippen molar-refractivity contribution in [3.8, 4) is 0 Å². The summed E-state index contributed by atoms with van der Waals surface area (Å²) >= 11 is 0. The lowest BCUT2D eigenvalue weighted by Gasteiger charge is -2.27. The van der Waals surface area contributed by atoms with E-state index in [0.717, 1.165) is 0 Å². The average molecular weight is 275 g/mol. The topological polar surface area (TPSA) is 61.8 Å². The van der Waals surface area contributed by atoms with E-state index in [1.165, 1.54) is 17.0 Å². The molecule has 7 heteroatoms. The second-order valence-corrected chi connectivity index (χ2v) is 4.04. The van der Waals surface area contributed by atoms with Crippen LogP contribution in [0.4, 0.5) is 18.9 Å². The number of para-hydroxylation sites is 1. The van der Waals surface area contributed by atoms with Crippen LogP contribution in [-0.2, 0) is 0 Å². The maximum absolute atomic E-state index is 12.6. The van der Waals surface area contributed by atoms with Gasteiger partial charge in [-0.05, 0) is 18.6 Å². The second kappa shape index (κ2) is 6.31. The first kappa shape index (κ1) is 15.1. The van der Waals surface area contributed by atoms with E-state index in [9.17, 15) is 13.2 Å². The van der Waals surface area contributed by atoms with Crippen LogP contribution in [0.25, 0.3) is 0 Å². The SMILES string of the molecule is CCCN(CC(F)(F)F)c1ccccc1C(N)=NO. The van der Waals surface area contributed by atoms with Crippen LogP contribution in [0.15, 0.2) is 29.4 Å². The molecule has 0 heterocycles. The van der Waals surface area contributed by atoms with E-state index >= 15 is 0 Å². The molecule has 19 heavy (non-hydrogen) atoms. The first-order valence-electron chi connectivity index (χ1n) is 5.77. The Morgan fingerprint density at radius 2 is 2.00 bits per heavy atom. The molecule has 1 rings (SSSR count). The van der Waals surface area contributed by atoms with Crippen molar-refractivity contribution in [3.05, 3.63) is 29.8 Å². The first-order valence-corrected chi connectivity index (χ1v) is 5.77. The van der Waals surface area contributed by atoms with Crippen molar-refractivity contribution in [2.24, 2.45) is 10.9 Å². The zero-order valence-electron chi connectivity index (χ0n) is 10.5. The zero-order chi connectivity index (χ0) is 14.5. The molecule has 0 aliphatic heterocycles. The van der Waals surface area contributed by atoms with Gasteiger partial charge in [-0.15, -0.1) is 0 Å². The molecule has 106 valence electrons. The van der Waals surface area contributed by atoms with Gasteiger partial charge in [-0.25, -0.2) is 0 Å². The molecule has 0 amide bonds. The van der Waals surface area contributed by atoms with E-state index < -0.39 is 12.7 Å². The van der Waals surface area contributed by atoms with Crippen LogP contribution in [0.3, 0.4) is 0 Å².